The number of ketones is 1. The third kappa shape index (κ3) is 12.0. The molecule has 0 bridgehead atoms. The van der Waals surface area contributed by atoms with Crippen LogP contribution in [-0.4, -0.2) is 158 Å². The molecule has 2 aliphatic heterocycles. The van der Waals surface area contributed by atoms with Gasteiger partial charge in [-0.3, -0.25) is 22.8 Å². The summed E-state index contributed by atoms with van der Waals surface area (Å²) in [5.74, 6) is -2.14. The zero-order valence-corrected chi connectivity index (χ0v) is 26.0. The SMILES string of the molecule is CC(=O)CSC(CC(=O)OC[C@H]1OC[C@@H](N=S(C)(C)=O)[C@@H](O)[C@H]1O)C(=O)OCC1OC[C@@H](N=S(C)(C)=O)[C@@H](O)[C@H]1O. The topological polar surface area (TPSA) is 228 Å². The van der Waals surface area contributed by atoms with Gasteiger partial charge >= 0.3 is 11.9 Å². The van der Waals surface area contributed by atoms with Crippen molar-refractivity contribution >= 4 is 48.9 Å². The number of carbonyl (C=O) groups is 3. The Hall–Kier alpha value is -1.38. The molecule has 2 unspecified atom stereocenters. The highest BCUT2D eigenvalue weighted by Gasteiger charge is 2.41. The van der Waals surface area contributed by atoms with Gasteiger partial charge < -0.3 is 39.4 Å². The van der Waals surface area contributed by atoms with Crippen molar-refractivity contribution in [3.8, 4) is 0 Å². The second-order valence-corrected chi connectivity index (χ2v) is 16.8. The molecule has 18 heteroatoms. The smallest absolute Gasteiger partial charge is 0.319 e. The fourth-order valence-electron chi connectivity index (χ4n) is 3.94. The van der Waals surface area contributed by atoms with Crippen LogP contribution in [0.2, 0.25) is 0 Å². The molecule has 2 aliphatic rings. The van der Waals surface area contributed by atoms with Gasteiger partial charge in [-0.15, -0.1) is 11.8 Å². The number of aliphatic hydroxyl groups excluding tert-OH is 4. The van der Waals surface area contributed by atoms with E-state index in [0.29, 0.717) is 0 Å². The van der Waals surface area contributed by atoms with E-state index in [0.717, 1.165) is 11.8 Å². The van der Waals surface area contributed by atoms with E-state index in [9.17, 15) is 43.2 Å². The molecule has 0 aliphatic carbocycles. The second kappa shape index (κ2) is 15.4. The zero-order chi connectivity index (χ0) is 31.1. The first-order valence-electron chi connectivity index (χ1n) is 12.6. The van der Waals surface area contributed by atoms with E-state index < -0.39 is 105 Å². The van der Waals surface area contributed by atoms with Gasteiger partial charge in [0, 0.05) is 44.5 Å². The summed E-state index contributed by atoms with van der Waals surface area (Å²) < 4.78 is 52.9. The van der Waals surface area contributed by atoms with E-state index in [4.69, 9.17) is 18.9 Å². The summed E-state index contributed by atoms with van der Waals surface area (Å²) in [6.45, 7) is 0.0531. The Labute approximate surface area is 244 Å². The van der Waals surface area contributed by atoms with E-state index in [1.54, 1.807) is 0 Å². The van der Waals surface area contributed by atoms with Crippen LogP contribution in [0.4, 0.5) is 0 Å². The maximum absolute atomic E-state index is 12.8. The Morgan fingerprint density at radius 3 is 1.68 bits per heavy atom. The van der Waals surface area contributed by atoms with Crippen LogP contribution in [-0.2, 0) is 52.8 Å². The molecule has 0 saturated carbocycles. The maximum atomic E-state index is 12.8. The normalized spacial score (nSPS) is 31.5. The van der Waals surface area contributed by atoms with Gasteiger partial charge in [0.1, 0.15) is 73.0 Å². The average Bonchev–Trinajstić information content (AvgIpc) is 2.84. The lowest BCUT2D eigenvalue weighted by Gasteiger charge is -2.35. The molecule has 2 fully saturated rings. The van der Waals surface area contributed by atoms with Crippen LogP contribution in [0.3, 0.4) is 0 Å². The predicted molar refractivity (Wildman–Crippen MR) is 149 cm³/mol. The molecule has 0 amide bonds. The molecule has 0 radical (unpaired) electrons. The Bertz CT molecular complexity index is 1170. The van der Waals surface area contributed by atoms with Crippen molar-refractivity contribution < 1.29 is 62.2 Å². The highest BCUT2D eigenvalue weighted by Crippen LogP contribution is 2.23. The summed E-state index contributed by atoms with van der Waals surface area (Å²) in [5, 5.41) is 40.2. The van der Waals surface area contributed by atoms with Crippen molar-refractivity contribution in [1.29, 1.82) is 0 Å². The summed E-state index contributed by atoms with van der Waals surface area (Å²) in [5.41, 5.74) is 0. The minimum Gasteiger partial charge on any atom is -0.463 e. The molecule has 4 N–H and O–H groups in total. The molecule has 0 aromatic carbocycles. The molecule has 2 rings (SSSR count). The van der Waals surface area contributed by atoms with E-state index in [1.165, 1.54) is 31.9 Å². The quantitative estimate of drug-likeness (QED) is 0.162. The van der Waals surface area contributed by atoms with Gasteiger partial charge in [-0.05, 0) is 6.92 Å². The lowest BCUT2D eigenvalue weighted by molar-refractivity contribution is -0.176. The van der Waals surface area contributed by atoms with Gasteiger partial charge in [-0.1, -0.05) is 0 Å². The van der Waals surface area contributed by atoms with Gasteiger partial charge in [-0.2, -0.15) is 0 Å². The van der Waals surface area contributed by atoms with Crippen LogP contribution in [0.25, 0.3) is 0 Å². The van der Waals surface area contributed by atoms with Crippen LogP contribution < -0.4 is 0 Å². The van der Waals surface area contributed by atoms with Crippen molar-refractivity contribution in [2.45, 2.75) is 67.3 Å². The van der Waals surface area contributed by atoms with Crippen molar-refractivity contribution in [2.24, 2.45) is 8.73 Å². The summed E-state index contributed by atoms with van der Waals surface area (Å²) >= 11 is 0.844. The van der Waals surface area contributed by atoms with Gasteiger partial charge in [0.2, 0.25) is 0 Å². The summed E-state index contributed by atoms with van der Waals surface area (Å²) in [6.07, 6.45) is -2.98. The standard InChI is InChI=1S/C23H40N2O13S3/c1-12(26)11-39-17(23(32)38-10-16-22(31)20(29)14(8-36-16)25-41(4,5)34)6-18(27)37-9-15-21(30)19(28)13(7-35-15)24-40(2,3)33/h13-17,19-22,28-31H,6-11H2,1-5H3/t13-,14-,15-,16?,17?,19-,20-,21+,22+/m1/s1. The molecule has 41 heavy (non-hydrogen) atoms. The number of nitrogens with zero attached hydrogens (tertiary/aromatic N) is 2. The molecule has 0 aromatic rings. The molecule has 0 spiro atoms. The molecule has 0 aromatic heterocycles. The lowest BCUT2D eigenvalue weighted by Crippen LogP contribution is -2.54. The summed E-state index contributed by atoms with van der Waals surface area (Å²) in [4.78, 5) is 36.8. The number of aliphatic hydroxyl groups is 4. The van der Waals surface area contributed by atoms with E-state index in [-0.39, 0.29) is 24.7 Å². The number of esters is 2. The average molecular weight is 649 g/mol. The van der Waals surface area contributed by atoms with E-state index in [1.807, 2.05) is 0 Å². The Morgan fingerprint density at radius 2 is 1.27 bits per heavy atom. The van der Waals surface area contributed by atoms with Crippen molar-refractivity contribution in [2.75, 3.05) is 57.2 Å². The Balaban J connectivity index is 1.93. The molecule has 9 atom stereocenters. The maximum Gasteiger partial charge on any atom is 0.319 e. The molecular weight excluding hydrogens is 608 g/mol. The van der Waals surface area contributed by atoms with E-state index >= 15 is 0 Å². The first-order valence-corrected chi connectivity index (χ1v) is 18.3. The molecule has 2 saturated heterocycles. The fourth-order valence-corrected chi connectivity index (χ4v) is 6.51. The number of ether oxygens (including phenoxy) is 4. The molecule has 238 valence electrons. The van der Waals surface area contributed by atoms with Gasteiger partial charge in [0.25, 0.3) is 0 Å². The van der Waals surface area contributed by atoms with Crippen LogP contribution in [0, 0.1) is 0 Å². The Morgan fingerprint density at radius 1 is 0.829 bits per heavy atom. The molecule has 2 heterocycles. The van der Waals surface area contributed by atoms with E-state index in [2.05, 4.69) is 8.73 Å². The van der Waals surface area contributed by atoms with Crippen LogP contribution in [0.5, 0.6) is 0 Å². The van der Waals surface area contributed by atoms with Gasteiger partial charge in [0.05, 0.1) is 25.4 Å². The predicted octanol–water partition coefficient (Wildman–Crippen LogP) is -2.41. The first-order chi connectivity index (χ1) is 18.9. The second-order valence-electron chi connectivity index (χ2n) is 10.4. The zero-order valence-electron chi connectivity index (χ0n) is 23.5. The number of rotatable bonds is 12. The Kier molecular flexibility index (Phi) is 13.4. The third-order valence-corrected chi connectivity index (χ3v) is 8.78. The number of carbonyl (C=O) groups excluding carboxylic acids is 3. The number of hydrogen-bond donors (Lipinski definition) is 4. The van der Waals surface area contributed by atoms with Crippen molar-refractivity contribution in [1.82, 2.24) is 0 Å². The molecular formula is C23H40N2O13S3. The van der Waals surface area contributed by atoms with Gasteiger partial charge in [-0.25, -0.2) is 8.73 Å². The summed E-state index contributed by atoms with van der Waals surface area (Å²) in [6, 6.07) is -1.85. The molecule has 15 nitrogen and oxygen atoms in total. The van der Waals surface area contributed by atoms with Crippen LogP contribution in [0.15, 0.2) is 8.73 Å². The monoisotopic (exact) mass is 648 g/mol. The first kappa shape index (κ1) is 35.8. The van der Waals surface area contributed by atoms with Gasteiger partial charge in [0.15, 0.2) is 0 Å². The summed E-state index contributed by atoms with van der Waals surface area (Å²) in [7, 11) is -5.14. The van der Waals surface area contributed by atoms with Crippen molar-refractivity contribution in [3.63, 3.8) is 0 Å². The lowest BCUT2D eigenvalue weighted by atomic mass is 9.99. The highest BCUT2D eigenvalue weighted by molar-refractivity contribution is 8.01. The highest BCUT2D eigenvalue weighted by atomic mass is 32.2. The van der Waals surface area contributed by atoms with Crippen LogP contribution >= 0.6 is 11.8 Å². The third-order valence-electron chi connectivity index (χ3n) is 5.89. The van der Waals surface area contributed by atoms with Crippen molar-refractivity contribution in [3.05, 3.63) is 0 Å². The number of thioether (sulfide) groups is 1. The number of Topliss-reactive ketones (excluding diaryl/α,β-unsaturated/α-hetero) is 1. The number of hydrogen-bond acceptors (Lipinski definition) is 16. The minimum absolute atomic E-state index is 0.107. The fraction of sp³-hybridized carbons (Fsp3) is 0.870. The van der Waals surface area contributed by atoms with Crippen LogP contribution in [0.1, 0.15) is 13.3 Å². The minimum atomic E-state index is -2.57. The largest absolute Gasteiger partial charge is 0.463 e.